The molecule has 0 aliphatic rings. The van der Waals surface area contributed by atoms with E-state index in [1.807, 2.05) is 13.8 Å². The zero-order valence-electron chi connectivity index (χ0n) is 20.4. The predicted molar refractivity (Wildman–Crippen MR) is 126 cm³/mol. The Hall–Kier alpha value is -1.06. The molecular weight excluding hydrogens is 376 g/mol. The minimum Gasteiger partial charge on any atom is -0.466 e. The van der Waals surface area contributed by atoms with Gasteiger partial charge in [0.2, 0.25) is 0 Å². The van der Waals surface area contributed by atoms with Crippen molar-refractivity contribution in [2.75, 3.05) is 6.61 Å². The predicted octanol–water partition coefficient (Wildman–Crippen LogP) is 7.91. The molecule has 0 N–H and O–H groups in total. The highest BCUT2D eigenvalue weighted by Crippen LogP contribution is 2.13. The summed E-state index contributed by atoms with van der Waals surface area (Å²) in [5.41, 5.74) is 0. The molecule has 0 aromatic carbocycles. The summed E-state index contributed by atoms with van der Waals surface area (Å²) >= 11 is 0. The summed E-state index contributed by atoms with van der Waals surface area (Å²) in [6.07, 6.45) is 21.0. The van der Waals surface area contributed by atoms with Crippen LogP contribution in [0.15, 0.2) is 0 Å². The maximum Gasteiger partial charge on any atom is 0.306 e. The third-order valence-electron chi connectivity index (χ3n) is 5.73. The van der Waals surface area contributed by atoms with Gasteiger partial charge >= 0.3 is 11.9 Å². The second-order valence-electron chi connectivity index (χ2n) is 8.60. The lowest BCUT2D eigenvalue weighted by atomic mass is 10.0. The molecule has 0 radical (unpaired) electrons. The van der Waals surface area contributed by atoms with E-state index in [4.69, 9.17) is 9.47 Å². The Labute approximate surface area is 186 Å². The van der Waals surface area contributed by atoms with E-state index >= 15 is 0 Å². The lowest BCUT2D eigenvalue weighted by Crippen LogP contribution is -2.16. The Bertz CT molecular complexity index is 390. The molecule has 0 spiro atoms. The minimum atomic E-state index is -0.149. The maximum absolute atomic E-state index is 11.7. The van der Waals surface area contributed by atoms with Crippen LogP contribution in [0.5, 0.6) is 0 Å². The van der Waals surface area contributed by atoms with Gasteiger partial charge in [-0.3, -0.25) is 9.59 Å². The molecule has 0 heterocycles. The number of carbonyl (C=O) groups is 2. The van der Waals surface area contributed by atoms with Gasteiger partial charge in [0.05, 0.1) is 6.61 Å². The standard InChI is InChI=1S/C26H50O4/c1-4-7-8-9-10-11-12-13-14-15-16-17-20-23-29-25(27)21-18-19-22-26(28)30-24(5-2)6-3/h24H,4-23H2,1-3H3. The number of ether oxygens (including phenoxy) is 2. The second-order valence-corrected chi connectivity index (χ2v) is 8.60. The summed E-state index contributed by atoms with van der Waals surface area (Å²) in [4.78, 5) is 23.4. The summed E-state index contributed by atoms with van der Waals surface area (Å²) < 4.78 is 10.7. The highest BCUT2D eigenvalue weighted by Gasteiger charge is 2.10. The number of esters is 2. The Balaban J connectivity index is 3.31. The molecule has 178 valence electrons. The van der Waals surface area contributed by atoms with Crippen LogP contribution in [0.2, 0.25) is 0 Å². The van der Waals surface area contributed by atoms with Gasteiger partial charge in [-0.25, -0.2) is 0 Å². The van der Waals surface area contributed by atoms with Crippen LogP contribution in [-0.4, -0.2) is 24.6 Å². The number of unbranched alkanes of at least 4 members (excludes halogenated alkanes) is 13. The lowest BCUT2D eigenvalue weighted by molar-refractivity contribution is -0.150. The fourth-order valence-corrected chi connectivity index (χ4v) is 3.62. The fraction of sp³-hybridized carbons (Fsp3) is 0.923. The molecule has 0 amide bonds. The normalized spacial score (nSPS) is 11.1. The summed E-state index contributed by atoms with van der Waals surface area (Å²) in [6.45, 7) is 6.85. The van der Waals surface area contributed by atoms with Gasteiger partial charge in [-0.15, -0.1) is 0 Å². The molecule has 0 fully saturated rings. The average molecular weight is 427 g/mol. The molecule has 0 rings (SSSR count). The number of hydrogen-bond donors (Lipinski definition) is 0. The van der Waals surface area contributed by atoms with Crippen molar-refractivity contribution in [1.29, 1.82) is 0 Å². The van der Waals surface area contributed by atoms with Crippen molar-refractivity contribution in [2.45, 2.75) is 149 Å². The van der Waals surface area contributed by atoms with Crippen molar-refractivity contribution in [2.24, 2.45) is 0 Å². The zero-order chi connectivity index (χ0) is 22.3. The van der Waals surface area contributed by atoms with Crippen LogP contribution < -0.4 is 0 Å². The summed E-state index contributed by atoms with van der Waals surface area (Å²) in [5, 5.41) is 0. The molecule has 0 saturated heterocycles. The van der Waals surface area contributed by atoms with E-state index in [-0.39, 0.29) is 18.0 Å². The van der Waals surface area contributed by atoms with Crippen LogP contribution in [0.1, 0.15) is 143 Å². The minimum absolute atomic E-state index is 0.0304. The Morgan fingerprint density at radius 1 is 0.567 bits per heavy atom. The van der Waals surface area contributed by atoms with Crippen molar-refractivity contribution in [1.82, 2.24) is 0 Å². The molecule has 0 aliphatic carbocycles. The highest BCUT2D eigenvalue weighted by atomic mass is 16.5. The van der Waals surface area contributed by atoms with E-state index in [1.165, 1.54) is 70.6 Å². The van der Waals surface area contributed by atoms with E-state index in [1.54, 1.807) is 0 Å². The quantitative estimate of drug-likeness (QED) is 0.130. The van der Waals surface area contributed by atoms with Crippen LogP contribution in [0.3, 0.4) is 0 Å². The van der Waals surface area contributed by atoms with E-state index in [0.29, 0.717) is 32.3 Å². The molecule has 0 aromatic rings. The van der Waals surface area contributed by atoms with Crippen molar-refractivity contribution < 1.29 is 19.1 Å². The Kier molecular flexibility index (Phi) is 21.8. The molecule has 0 saturated carbocycles. The van der Waals surface area contributed by atoms with Gasteiger partial charge in [0.15, 0.2) is 0 Å². The van der Waals surface area contributed by atoms with Crippen molar-refractivity contribution in [3.8, 4) is 0 Å². The summed E-state index contributed by atoms with van der Waals surface area (Å²) in [6, 6.07) is 0. The molecule has 0 atom stereocenters. The van der Waals surface area contributed by atoms with Gasteiger partial charge in [0.1, 0.15) is 6.10 Å². The van der Waals surface area contributed by atoms with Gasteiger partial charge in [-0.1, -0.05) is 97.8 Å². The van der Waals surface area contributed by atoms with Gasteiger partial charge in [-0.2, -0.15) is 0 Å². The smallest absolute Gasteiger partial charge is 0.306 e. The highest BCUT2D eigenvalue weighted by molar-refractivity contribution is 5.70. The first kappa shape index (κ1) is 28.9. The first-order valence-corrected chi connectivity index (χ1v) is 13.0. The first-order valence-electron chi connectivity index (χ1n) is 13.0. The number of carbonyl (C=O) groups excluding carboxylic acids is 2. The molecule has 0 unspecified atom stereocenters. The van der Waals surface area contributed by atoms with Crippen LogP contribution in [0.25, 0.3) is 0 Å². The summed E-state index contributed by atoms with van der Waals surface area (Å²) in [5.74, 6) is -0.286. The second kappa shape index (κ2) is 22.6. The van der Waals surface area contributed by atoms with Gasteiger partial charge < -0.3 is 9.47 Å². The number of hydrogen-bond acceptors (Lipinski definition) is 4. The van der Waals surface area contributed by atoms with Gasteiger partial charge in [0, 0.05) is 12.8 Å². The average Bonchev–Trinajstić information content (AvgIpc) is 2.75. The third kappa shape index (κ3) is 20.2. The fourth-order valence-electron chi connectivity index (χ4n) is 3.62. The van der Waals surface area contributed by atoms with E-state index < -0.39 is 0 Å². The first-order chi connectivity index (χ1) is 14.6. The largest absolute Gasteiger partial charge is 0.466 e. The number of rotatable bonds is 22. The van der Waals surface area contributed by atoms with Crippen LogP contribution in [0.4, 0.5) is 0 Å². The van der Waals surface area contributed by atoms with Crippen molar-refractivity contribution in [3.63, 3.8) is 0 Å². The molecule has 0 bridgehead atoms. The van der Waals surface area contributed by atoms with Crippen LogP contribution in [0, 0.1) is 0 Å². The van der Waals surface area contributed by atoms with E-state index in [2.05, 4.69) is 6.92 Å². The maximum atomic E-state index is 11.7. The Morgan fingerprint density at radius 3 is 1.47 bits per heavy atom. The topological polar surface area (TPSA) is 52.6 Å². The van der Waals surface area contributed by atoms with E-state index in [0.717, 1.165) is 25.7 Å². The molecule has 0 aromatic heterocycles. The third-order valence-corrected chi connectivity index (χ3v) is 5.73. The molecule has 4 heteroatoms. The SMILES string of the molecule is CCCCCCCCCCCCCCCOC(=O)CCCCC(=O)OC(CC)CC. The van der Waals surface area contributed by atoms with E-state index in [9.17, 15) is 9.59 Å². The van der Waals surface area contributed by atoms with Crippen LogP contribution in [-0.2, 0) is 19.1 Å². The van der Waals surface area contributed by atoms with Crippen molar-refractivity contribution in [3.05, 3.63) is 0 Å². The Morgan fingerprint density at radius 2 is 1.00 bits per heavy atom. The zero-order valence-corrected chi connectivity index (χ0v) is 20.4. The van der Waals surface area contributed by atoms with Crippen molar-refractivity contribution >= 4 is 11.9 Å². The van der Waals surface area contributed by atoms with Crippen LogP contribution >= 0.6 is 0 Å². The lowest BCUT2D eigenvalue weighted by Gasteiger charge is -2.13. The molecule has 4 nitrogen and oxygen atoms in total. The monoisotopic (exact) mass is 426 g/mol. The molecule has 0 aliphatic heterocycles. The van der Waals surface area contributed by atoms with Gasteiger partial charge in [-0.05, 0) is 32.1 Å². The molecule has 30 heavy (non-hydrogen) atoms. The van der Waals surface area contributed by atoms with Gasteiger partial charge in [0.25, 0.3) is 0 Å². The summed E-state index contributed by atoms with van der Waals surface area (Å²) in [7, 11) is 0. The molecular formula is C26H50O4.